The van der Waals surface area contributed by atoms with Crippen molar-refractivity contribution < 1.29 is 18.0 Å². The van der Waals surface area contributed by atoms with Gasteiger partial charge in [0.05, 0.1) is 11.9 Å². The van der Waals surface area contributed by atoms with E-state index >= 15 is 0 Å². The molecule has 0 bridgehead atoms. The molecule has 3 rings (SSSR count). The Labute approximate surface area is 232 Å². The molecule has 0 saturated carbocycles. The highest BCUT2D eigenvalue weighted by atomic mass is 35.5. The van der Waals surface area contributed by atoms with E-state index in [-0.39, 0.29) is 18.7 Å². The SMILES string of the molecule is CNC(=O)[C@H](Cc1ccccc1)N(Cc1c(Cl)cccc1Cl)C(=O)CN(c1ccc(Cl)cc1)S(C)(=O)=O. The molecule has 0 saturated heterocycles. The molecule has 0 spiro atoms. The summed E-state index contributed by atoms with van der Waals surface area (Å²) in [5, 5.41) is 3.67. The number of hydrogen-bond acceptors (Lipinski definition) is 4. The molecular weight excluding hydrogens is 557 g/mol. The molecule has 0 aromatic heterocycles. The predicted molar refractivity (Wildman–Crippen MR) is 149 cm³/mol. The largest absolute Gasteiger partial charge is 0.357 e. The van der Waals surface area contributed by atoms with Crippen molar-refractivity contribution in [2.45, 2.75) is 19.0 Å². The predicted octanol–water partition coefficient (Wildman–Crippen LogP) is 4.80. The van der Waals surface area contributed by atoms with E-state index in [0.29, 0.717) is 20.6 Å². The van der Waals surface area contributed by atoms with E-state index in [2.05, 4.69) is 5.32 Å². The average molecular weight is 583 g/mol. The number of rotatable bonds is 10. The Morgan fingerprint density at radius 1 is 0.892 bits per heavy atom. The van der Waals surface area contributed by atoms with Crippen LogP contribution in [0.25, 0.3) is 0 Å². The summed E-state index contributed by atoms with van der Waals surface area (Å²) < 4.78 is 26.4. The first-order valence-electron chi connectivity index (χ1n) is 11.2. The molecule has 1 N–H and O–H groups in total. The molecular formula is C26H26Cl3N3O4S. The molecule has 2 amide bonds. The lowest BCUT2D eigenvalue weighted by atomic mass is 10.0. The minimum atomic E-state index is -3.87. The summed E-state index contributed by atoms with van der Waals surface area (Å²) in [6, 6.07) is 19.2. The summed E-state index contributed by atoms with van der Waals surface area (Å²) in [5.74, 6) is -1.03. The second-order valence-electron chi connectivity index (χ2n) is 8.29. The maximum atomic E-state index is 13.8. The molecule has 0 unspecified atom stereocenters. The van der Waals surface area contributed by atoms with Crippen LogP contribution in [-0.2, 0) is 32.6 Å². The summed E-state index contributed by atoms with van der Waals surface area (Å²) in [6.07, 6.45) is 1.19. The normalized spacial score (nSPS) is 12.0. The molecule has 0 aliphatic rings. The number of hydrogen-bond donors (Lipinski definition) is 1. The zero-order valence-electron chi connectivity index (χ0n) is 20.2. The Balaban J connectivity index is 2.06. The monoisotopic (exact) mass is 581 g/mol. The van der Waals surface area contributed by atoms with Gasteiger partial charge < -0.3 is 10.2 Å². The van der Waals surface area contributed by atoms with Gasteiger partial charge >= 0.3 is 0 Å². The van der Waals surface area contributed by atoms with Gasteiger partial charge in [-0.25, -0.2) is 8.42 Å². The van der Waals surface area contributed by atoms with Gasteiger partial charge in [-0.2, -0.15) is 0 Å². The number of likely N-dealkylation sites (N-methyl/N-ethyl adjacent to an activating group) is 1. The number of halogens is 3. The van der Waals surface area contributed by atoms with Crippen LogP contribution < -0.4 is 9.62 Å². The van der Waals surface area contributed by atoms with E-state index in [1.165, 1.54) is 36.2 Å². The number of nitrogens with one attached hydrogen (secondary N) is 1. The van der Waals surface area contributed by atoms with Crippen molar-refractivity contribution in [1.29, 1.82) is 0 Å². The zero-order chi connectivity index (χ0) is 27.2. The van der Waals surface area contributed by atoms with Gasteiger partial charge in [-0.15, -0.1) is 0 Å². The van der Waals surface area contributed by atoms with E-state index in [4.69, 9.17) is 34.8 Å². The van der Waals surface area contributed by atoms with Gasteiger partial charge in [-0.1, -0.05) is 71.2 Å². The molecule has 0 aliphatic carbocycles. The fourth-order valence-electron chi connectivity index (χ4n) is 3.80. The van der Waals surface area contributed by atoms with Crippen LogP contribution in [0, 0.1) is 0 Å². The standard InChI is InChI=1S/C26H26Cl3N3O4S/c1-30-26(34)24(15-18-7-4-3-5-8-18)31(16-21-22(28)9-6-10-23(21)29)25(33)17-32(37(2,35)36)20-13-11-19(27)12-14-20/h3-14,24H,15-17H2,1-2H3,(H,30,34)/t24-/m0/s1. The number of benzene rings is 3. The Bertz CT molecular complexity index is 1330. The third kappa shape index (κ3) is 7.61. The van der Waals surface area contributed by atoms with E-state index in [1.807, 2.05) is 30.3 Å². The highest BCUT2D eigenvalue weighted by Crippen LogP contribution is 2.28. The first kappa shape index (κ1) is 28.8. The Kier molecular flexibility index (Phi) is 9.84. The lowest BCUT2D eigenvalue weighted by Gasteiger charge is -2.33. The second-order valence-corrected chi connectivity index (χ2v) is 11.4. The number of amides is 2. The number of anilines is 1. The average Bonchev–Trinajstić information content (AvgIpc) is 2.86. The van der Waals surface area contributed by atoms with Crippen LogP contribution in [0.15, 0.2) is 72.8 Å². The molecule has 0 radical (unpaired) electrons. The van der Waals surface area contributed by atoms with Crippen molar-refractivity contribution in [2.24, 2.45) is 0 Å². The molecule has 3 aromatic carbocycles. The topological polar surface area (TPSA) is 86.8 Å². The van der Waals surface area contributed by atoms with Crippen molar-refractivity contribution >= 4 is 62.3 Å². The zero-order valence-corrected chi connectivity index (χ0v) is 23.3. The van der Waals surface area contributed by atoms with Crippen LogP contribution in [0.3, 0.4) is 0 Å². The third-order valence-corrected chi connectivity index (χ3v) is 7.80. The van der Waals surface area contributed by atoms with Crippen molar-refractivity contribution in [3.8, 4) is 0 Å². The summed E-state index contributed by atoms with van der Waals surface area (Å²) >= 11 is 18.8. The van der Waals surface area contributed by atoms with Gasteiger partial charge in [0, 0.05) is 40.6 Å². The molecule has 37 heavy (non-hydrogen) atoms. The van der Waals surface area contributed by atoms with E-state index < -0.39 is 34.4 Å². The highest BCUT2D eigenvalue weighted by molar-refractivity contribution is 7.92. The van der Waals surface area contributed by atoms with Crippen LogP contribution in [0.2, 0.25) is 15.1 Å². The van der Waals surface area contributed by atoms with Gasteiger partial charge in [0.1, 0.15) is 12.6 Å². The van der Waals surface area contributed by atoms with Crippen LogP contribution in [0.1, 0.15) is 11.1 Å². The molecule has 0 aliphatic heterocycles. The molecule has 0 fully saturated rings. The highest BCUT2D eigenvalue weighted by Gasteiger charge is 2.33. The van der Waals surface area contributed by atoms with Crippen LogP contribution >= 0.6 is 34.8 Å². The van der Waals surface area contributed by atoms with Crippen molar-refractivity contribution in [1.82, 2.24) is 10.2 Å². The fraction of sp³-hybridized carbons (Fsp3) is 0.231. The van der Waals surface area contributed by atoms with Gasteiger partial charge in [0.25, 0.3) is 0 Å². The summed E-state index contributed by atoms with van der Waals surface area (Å²) in [4.78, 5) is 28.3. The molecule has 1 atom stereocenters. The fourth-order valence-corrected chi connectivity index (χ4v) is 5.29. The Morgan fingerprint density at radius 3 is 2.03 bits per heavy atom. The number of sulfonamides is 1. The minimum absolute atomic E-state index is 0.111. The van der Waals surface area contributed by atoms with Crippen molar-refractivity contribution in [3.63, 3.8) is 0 Å². The smallest absolute Gasteiger partial charge is 0.244 e. The molecule has 196 valence electrons. The quantitative estimate of drug-likeness (QED) is 0.372. The van der Waals surface area contributed by atoms with Gasteiger partial charge in [0.15, 0.2) is 0 Å². The Morgan fingerprint density at radius 2 is 1.49 bits per heavy atom. The first-order valence-corrected chi connectivity index (χ1v) is 14.2. The van der Waals surface area contributed by atoms with Crippen LogP contribution in [0.5, 0.6) is 0 Å². The third-order valence-electron chi connectivity index (χ3n) is 5.70. The molecule has 3 aromatic rings. The van der Waals surface area contributed by atoms with E-state index in [9.17, 15) is 18.0 Å². The lowest BCUT2D eigenvalue weighted by Crippen LogP contribution is -2.53. The van der Waals surface area contributed by atoms with Gasteiger partial charge in [0.2, 0.25) is 21.8 Å². The van der Waals surface area contributed by atoms with Gasteiger partial charge in [-0.3, -0.25) is 13.9 Å². The maximum absolute atomic E-state index is 13.8. The van der Waals surface area contributed by atoms with Crippen molar-refractivity contribution in [2.75, 3.05) is 24.2 Å². The Hall–Kier alpha value is -2.78. The van der Waals surface area contributed by atoms with E-state index in [1.54, 1.807) is 18.2 Å². The lowest BCUT2D eigenvalue weighted by molar-refractivity contribution is -0.139. The van der Waals surface area contributed by atoms with Crippen LogP contribution in [-0.4, -0.2) is 51.0 Å². The molecule has 11 heteroatoms. The summed E-state index contributed by atoms with van der Waals surface area (Å²) in [5.41, 5.74) is 1.52. The first-order chi connectivity index (χ1) is 17.5. The van der Waals surface area contributed by atoms with E-state index in [0.717, 1.165) is 16.1 Å². The minimum Gasteiger partial charge on any atom is -0.357 e. The van der Waals surface area contributed by atoms with Gasteiger partial charge in [-0.05, 0) is 42.0 Å². The number of carbonyl (C=O) groups excluding carboxylic acids is 2. The van der Waals surface area contributed by atoms with Crippen LogP contribution in [0.4, 0.5) is 5.69 Å². The number of carbonyl (C=O) groups is 2. The number of nitrogens with zero attached hydrogens (tertiary/aromatic N) is 2. The second kappa shape index (κ2) is 12.6. The summed E-state index contributed by atoms with van der Waals surface area (Å²) in [7, 11) is -2.39. The summed E-state index contributed by atoms with van der Waals surface area (Å²) in [6.45, 7) is -0.661. The molecule has 7 nitrogen and oxygen atoms in total. The molecule has 0 heterocycles. The maximum Gasteiger partial charge on any atom is 0.244 e. The van der Waals surface area contributed by atoms with Crippen molar-refractivity contribution in [3.05, 3.63) is 99.0 Å².